The standard InChI is InChI=1S/C23H22F2N2O3/c1-29-21-12-14(6-9-20(21)30-23(24)25)10-11-26-22(28)17-13-19(15-7-8-15)27-18-5-3-2-4-16(17)18/h2-6,9,12-13,15,23H,7-8,10-11H2,1H3,(H,26,28). The average Bonchev–Trinajstić information content (AvgIpc) is 3.59. The molecule has 156 valence electrons. The third-order valence-corrected chi connectivity index (χ3v) is 5.12. The number of nitrogens with one attached hydrogen (secondary N) is 1. The molecule has 5 nitrogen and oxygen atoms in total. The lowest BCUT2D eigenvalue weighted by atomic mass is 10.1. The van der Waals surface area contributed by atoms with Crippen LogP contribution in [0.5, 0.6) is 11.5 Å². The molecule has 4 rings (SSSR count). The van der Waals surface area contributed by atoms with E-state index in [9.17, 15) is 13.6 Å². The largest absolute Gasteiger partial charge is 0.493 e. The van der Waals surface area contributed by atoms with Crippen LogP contribution in [0.3, 0.4) is 0 Å². The number of hydrogen-bond donors (Lipinski definition) is 1. The summed E-state index contributed by atoms with van der Waals surface area (Å²) in [5.74, 6) is 0.507. The lowest BCUT2D eigenvalue weighted by Gasteiger charge is -2.12. The van der Waals surface area contributed by atoms with Crippen LogP contribution < -0.4 is 14.8 Å². The first kappa shape index (κ1) is 20.1. The molecule has 1 amide bonds. The first-order valence-electron chi connectivity index (χ1n) is 9.84. The van der Waals surface area contributed by atoms with Crippen LogP contribution >= 0.6 is 0 Å². The number of pyridine rings is 1. The van der Waals surface area contributed by atoms with Crippen molar-refractivity contribution >= 4 is 16.8 Å². The van der Waals surface area contributed by atoms with Crippen LogP contribution in [0, 0.1) is 0 Å². The van der Waals surface area contributed by atoms with Gasteiger partial charge in [0.15, 0.2) is 11.5 Å². The number of hydrogen-bond acceptors (Lipinski definition) is 4. The Bertz CT molecular complexity index is 1070. The number of ether oxygens (including phenoxy) is 2. The quantitative estimate of drug-likeness (QED) is 0.583. The number of halogens is 2. The van der Waals surface area contributed by atoms with E-state index >= 15 is 0 Å². The van der Waals surface area contributed by atoms with E-state index in [0.717, 1.165) is 35.0 Å². The van der Waals surface area contributed by atoms with E-state index in [1.165, 1.54) is 13.2 Å². The molecular formula is C23H22F2N2O3. The van der Waals surface area contributed by atoms with Crippen LogP contribution in [0.2, 0.25) is 0 Å². The predicted molar refractivity (Wildman–Crippen MR) is 109 cm³/mol. The highest BCUT2D eigenvalue weighted by atomic mass is 19.3. The van der Waals surface area contributed by atoms with Crippen molar-refractivity contribution in [2.45, 2.75) is 31.8 Å². The fourth-order valence-electron chi connectivity index (χ4n) is 3.45. The molecule has 3 aromatic rings. The summed E-state index contributed by atoms with van der Waals surface area (Å²) in [4.78, 5) is 17.6. The molecule has 1 aliphatic rings. The highest BCUT2D eigenvalue weighted by Crippen LogP contribution is 2.40. The second kappa shape index (κ2) is 8.65. The Labute approximate surface area is 173 Å². The van der Waals surface area contributed by atoms with Gasteiger partial charge in [-0.2, -0.15) is 8.78 Å². The van der Waals surface area contributed by atoms with Gasteiger partial charge in [-0.3, -0.25) is 9.78 Å². The van der Waals surface area contributed by atoms with Crippen molar-refractivity contribution in [2.24, 2.45) is 0 Å². The summed E-state index contributed by atoms with van der Waals surface area (Å²) >= 11 is 0. The van der Waals surface area contributed by atoms with Gasteiger partial charge in [0.05, 0.1) is 18.2 Å². The van der Waals surface area contributed by atoms with Gasteiger partial charge < -0.3 is 14.8 Å². The van der Waals surface area contributed by atoms with Crippen molar-refractivity contribution in [3.05, 3.63) is 65.4 Å². The summed E-state index contributed by atoms with van der Waals surface area (Å²) in [6.45, 7) is -2.52. The number of aromatic nitrogens is 1. The van der Waals surface area contributed by atoms with Gasteiger partial charge in [0.2, 0.25) is 0 Å². The molecule has 7 heteroatoms. The summed E-state index contributed by atoms with van der Waals surface area (Å²) in [6, 6.07) is 14.3. The Hall–Kier alpha value is -3.22. The molecule has 0 bridgehead atoms. The molecule has 1 N–H and O–H groups in total. The number of carbonyl (C=O) groups excluding carboxylic acids is 1. The normalized spacial score (nSPS) is 13.5. The van der Waals surface area contributed by atoms with Gasteiger partial charge in [0, 0.05) is 23.5 Å². The summed E-state index contributed by atoms with van der Waals surface area (Å²) < 4.78 is 34.5. The zero-order chi connectivity index (χ0) is 21.1. The van der Waals surface area contributed by atoms with E-state index < -0.39 is 6.61 Å². The molecule has 2 aromatic carbocycles. The van der Waals surface area contributed by atoms with Gasteiger partial charge in [-0.1, -0.05) is 24.3 Å². The molecule has 1 aromatic heterocycles. The number of alkyl halides is 2. The van der Waals surface area contributed by atoms with Gasteiger partial charge >= 0.3 is 6.61 Å². The topological polar surface area (TPSA) is 60.5 Å². The molecule has 1 fully saturated rings. The predicted octanol–water partition coefficient (Wildman–Crippen LogP) is 4.69. The second-order valence-electron chi connectivity index (χ2n) is 7.26. The van der Waals surface area contributed by atoms with Crippen molar-refractivity contribution in [1.82, 2.24) is 10.3 Å². The van der Waals surface area contributed by atoms with Crippen LogP contribution in [-0.2, 0) is 6.42 Å². The van der Waals surface area contributed by atoms with Crippen LogP contribution in [0.15, 0.2) is 48.5 Å². The van der Waals surface area contributed by atoms with Crippen LogP contribution in [0.25, 0.3) is 10.9 Å². The van der Waals surface area contributed by atoms with Gasteiger partial charge in [-0.25, -0.2) is 0 Å². The number of methoxy groups -OCH3 is 1. The molecule has 0 atom stereocenters. The SMILES string of the molecule is COc1cc(CCNC(=O)c2cc(C3CC3)nc3ccccc23)ccc1OC(F)F. The Kier molecular flexibility index (Phi) is 5.79. The fourth-order valence-corrected chi connectivity index (χ4v) is 3.45. The van der Waals surface area contributed by atoms with Crippen molar-refractivity contribution in [1.29, 1.82) is 0 Å². The van der Waals surface area contributed by atoms with E-state index in [1.54, 1.807) is 12.1 Å². The van der Waals surface area contributed by atoms with E-state index in [4.69, 9.17) is 9.72 Å². The van der Waals surface area contributed by atoms with Gasteiger partial charge in [-0.15, -0.1) is 0 Å². The van der Waals surface area contributed by atoms with Crippen molar-refractivity contribution in [3.63, 3.8) is 0 Å². The maximum atomic E-state index is 12.9. The molecule has 0 spiro atoms. The zero-order valence-electron chi connectivity index (χ0n) is 16.5. The first-order valence-corrected chi connectivity index (χ1v) is 9.84. The van der Waals surface area contributed by atoms with Crippen LogP contribution in [0.1, 0.15) is 40.4 Å². The molecule has 0 unspecified atom stereocenters. The number of carbonyl (C=O) groups is 1. The molecule has 30 heavy (non-hydrogen) atoms. The summed E-state index contributed by atoms with van der Waals surface area (Å²) in [5.41, 5.74) is 3.26. The maximum Gasteiger partial charge on any atom is 0.387 e. The molecular weight excluding hydrogens is 390 g/mol. The highest BCUT2D eigenvalue weighted by molar-refractivity contribution is 6.06. The Morgan fingerprint density at radius 3 is 2.70 bits per heavy atom. The Morgan fingerprint density at radius 2 is 1.97 bits per heavy atom. The van der Waals surface area contributed by atoms with E-state index in [0.29, 0.717) is 24.4 Å². The summed E-state index contributed by atoms with van der Waals surface area (Å²) in [7, 11) is 1.39. The summed E-state index contributed by atoms with van der Waals surface area (Å²) in [5, 5.41) is 3.78. The first-order chi connectivity index (χ1) is 14.5. The molecule has 0 radical (unpaired) electrons. The second-order valence-corrected chi connectivity index (χ2v) is 7.26. The summed E-state index contributed by atoms with van der Waals surface area (Å²) in [6.07, 6.45) is 2.74. The van der Waals surface area contributed by atoms with Crippen molar-refractivity contribution in [3.8, 4) is 11.5 Å². The van der Waals surface area contributed by atoms with Gasteiger partial charge in [0.1, 0.15) is 0 Å². The van der Waals surface area contributed by atoms with Crippen molar-refractivity contribution in [2.75, 3.05) is 13.7 Å². The Morgan fingerprint density at radius 1 is 1.17 bits per heavy atom. The average molecular weight is 412 g/mol. The third-order valence-electron chi connectivity index (χ3n) is 5.12. The maximum absolute atomic E-state index is 12.9. The van der Waals surface area contributed by atoms with E-state index in [2.05, 4.69) is 10.1 Å². The molecule has 0 aliphatic heterocycles. The third kappa shape index (κ3) is 4.50. The monoisotopic (exact) mass is 412 g/mol. The molecule has 1 saturated carbocycles. The van der Waals surface area contributed by atoms with E-state index in [1.807, 2.05) is 30.3 Å². The molecule has 0 saturated heterocycles. The molecule has 1 heterocycles. The minimum absolute atomic E-state index is 0.0175. The smallest absolute Gasteiger partial charge is 0.387 e. The zero-order valence-corrected chi connectivity index (χ0v) is 16.5. The number of fused-ring (bicyclic) bond motifs is 1. The lowest BCUT2D eigenvalue weighted by molar-refractivity contribution is -0.0512. The highest BCUT2D eigenvalue weighted by Gasteiger charge is 2.26. The van der Waals surface area contributed by atoms with Crippen LogP contribution in [-0.4, -0.2) is 31.2 Å². The number of para-hydroxylation sites is 1. The number of amides is 1. The van der Waals surface area contributed by atoms with E-state index in [-0.39, 0.29) is 17.4 Å². The van der Waals surface area contributed by atoms with Gasteiger partial charge in [-0.05, 0) is 49.1 Å². The lowest BCUT2D eigenvalue weighted by Crippen LogP contribution is -2.26. The minimum atomic E-state index is -2.92. The van der Waals surface area contributed by atoms with Crippen LogP contribution in [0.4, 0.5) is 8.78 Å². The van der Waals surface area contributed by atoms with Gasteiger partial charge in [0.25, 0.3) is 5.91 Å². The Balaban J connectivity index is 1.45. The molecule has 1 aliphatic carbocycles. The number of benzene rings is 2. The minimum Gasteiger partial charge on any atom is -0.493 e. The number of rotatable bonds is 8. The van der Waals surface area contributed by atoms with Crippen molar-refractivity contribution < 1.29 is 23.0 Å². The number of nitrogens with zero attached hydrogens (tertiary/aromatic N) is 1. The fraction of sp³-hybridized carbons (Fsp3) is 0.304.